The van der Waals surface area contributed by atoms with E-state index in [-0.39, 0.29) is 12.1 Å². The fraction of sp³-hybridized carbons (Fsp3) is 0.857. The number of likely N-dealkylation sites (N-methyl/N-ethyl adjacent to an activating group) is 1. The summed E-state index contributed by atoms with van der Waals surface area (Å²) in [5.41, 5.74) is 0. The lowest BCUT2D eigenvalue weighted by Gasteiger charge is -2.35. The van der Waals surface area contributed by atoms with Crippen LogP contribution in [-0.4, -0.2) is 66.3 Å². The predicted octanol–water partition coefficient (Wildman–Crippen LogP) is 1.40. The predicted molar refractivity (Wildman–Crippen MR) is 73.5 cm³/mol. The maximum atomic E-state index is 12.3. The molecule has 0 bridgehead atoms. The van der Waals surface area contributed by atoms with E-state index >= 15 is 0 Å². The standard InChI is InChI=1S/C14H24N2O4/c1-15(10-12-6-2-3-8-20-12)14(19)16-7-4-5-11(9-16)13(17)18/h11-12H,2-10H2,1H3,(H,17,18)/t11-,12?/m0/s1. The van der Waals surface area contributed by atoms with Gasteiger partial charge >= 0.3 is 12.0 Å². The molecule has 2 aliphatic heterocycles. The van der Waals surface area contributed by atoms with Crippen molar-refractivity contribution in [3.05, 3.63) is 0 Å². The van der Waals surface area contributed by atoms with Crippen LogP contribution < -0.4 is 0 Å². The molecule has 0 aromatic heterocycles. The van der Waals surface area contributed by atoms with Crippen molar-refractivity contribution >= 4 is 12.0 Å². The number of carbonyl (C=O) groups excluding carboxylic acids is 1. The van der Waals surface area contributed by atoms with Gasteiger partial charge in [0.1, 0.15) is 0 Å². The van der Waals surface area contributed by atoms with E-state index in [4.69, 9.17) is 9.84 Å². The van der Waals surface area contributed by atoms with E-state index in [1.165, 1.54) is 0 Å². The van der Waals surface area contributed by atoms with Crippen molar-refractivity contribution < 1.29 is 19.4 Å². The highest BCUT2D eigenvalue weighted by molar-refractivity contribution is 5.76. The highest BCUT2D eigenvalue weighted by Crippen LogP contribution is 2.19. The molecule has 2 aliphatic rings. The Hall–Kier alpha value is -1.30. The second-order valence-corrected chi connectivity index (χ2v) is 5.78. The van der Waals surface area contributed by atoms with E-state index in [0.717, 1.165) is 32.3 Å². The van der Waals surface area contributed by atoms with Crippen LogP contribution in [0.1, 0.15) is 32.1 Å². The molecule has 1 N–H and O–H groups in total. The minimum absolute atomic E-state index is 0.0786. The van der Waals surface area contributed by atoms with Crippen molar-refractivity contribution in [1.82, 2.24) is 9.80 Å². The zero-order valence-electron chi connectivity index (χ0n) is 12.1. The van der Waals surface area contributed by atoms with Crippen molar-refractivity contribution in [2.45, 2.75) is 38.2 Å². The molecule has 0 aromatic rings. The average molecular weight is 284 g/mol. The maximum Gasteiger partial charge on any atom is 0.319 e. The summed E-state index contributed by atoms with van der Waals surface area (Å²) in [6.45, 7) is 2.34. The Morgan fingerprint density at radius 3 is 2.75 bits per heavy atom. The Balaban J connectivity index is 1.84. The van der Waals surface area contributed by atoms with Crippen molar-refractivity contribution in [3.8, 4) is 0 Å². The Kier molecular flexibility index (Phi) is 5.23. The number of carboxylic acid groups (broad SMARTS) is 1. The number of nitrogens with zero attached hydrogens (tertiary/aromatic N) is 2. The zero-order valence-corrected chi connectivity index (χ0v) is 12.1. The number of piperidine rings is 1. The molecule has 0 aromatic carbocycles. The summed E-state index contributed by atoms with van der Waals surface area (Å²) in [6, 6.07) is -0.0786. The van der Waals surface area contributed by atoms with Crippen LogP contribution in [0.2, 0.25) is 0 Å². The Labute approximate surface area is 119 Å². The summed E-state index contributed by atoms with van der Waals surface area (Å²) in [6.07, 6.45) is 4.79. The number of hydrogen-bond donors (Lipinski definition) is 1. The maximum absolute atomic E-state index is 12.3. The van der Waals surface area contributed by atoms with Crippen molar-refractivity contribution in [1.29, 1.82) is 0 Å². The molecule has 20 heavy (non-hydrogen) atoms. The highest BCUT2D eigenvalue weighted by atomic mass is 16.5. The van der Waals surface area contributed by atoms with E-state index in [0.29, 0.717) is 26.1 Å². The summed E-state index contributed by atoms with van der Waals surface area (Å²) in [4.78, 5) is 26.7. The molecule has 2 atom stereocenters. The Morgan fingerprint density at radius 1 is 1.30 bits per heavy atom. The lowest BCUT2D eigenvalue weighted by molar-refractivity contribution is -0.143. The second kappa shape index (κ2) is 6.92. The molecule has 2 rings (SSSR count). The van der Waals surface area contributed by atoms with Crippen molar-refractivity contribution in [2.75, 3.05) is 33.3 Å². The first-order valence-electron chi connectivity index (χ1n) is 7.42. The van der Waals surface area contributed by atoms with Gasteiger partial charge < -0.3 is 19.6 Å². The minimum Gasteiger partial charge on any atom is -0.481 e. The Morgan fingerprint density at radius 2 is 2.10 bits per heavy atom. The van der Waals surface area contributed by atoms with Crippen molar-refractivity contribution in [3.63, 3.8) is 0 Å². The van der Waals surface area contributed by atoms with Gasteiger partial charge in [-0.05, 0) is 32.1 Å². The monoisotopic (exact) mass is 284 g/mol. The molecule has 6 heteroatoms. The molecule has 0 radical (unpaired) electrons. The van der Waals surface area contributed by atoms with Crippen LogP contribution in [0.3, 0.4) is 0 Å². The number of urea groups is 1. The van der Waals surface area contributed by atoms with Crippen LogP contribution in [0.25, 0.3) is 0 Å². The molecule has 6 nitrogen and oxygen atoms in total. The van der Waals surface area contributed by atoms with Crippen LogP contribution in [0.5, 0.6) is 0 Å². The lowest BCUT2D eigenvalue weighted by Crippen LogP contribution is -2.49. The summed E-state index contributed by atoms with van der Waals surface area (Å²) < 4.78 is 5.64. The molecule has 2 saturated heterocycles. The molecule has 2 fully saturated rings. The summed E-state index contributed by atoms with van der Waals surface area (Å²) >= 11 is 0. The fourth-order valence-corrected chi connectivity index (χ4v) is 2.93. The summed E-state index contributed by atoms with van der Waals surface area (Å²) in [5, 5.41) is 9.07. The number of hydrogen-bond acceptors (Lipinski definition) is 3. The molecular weight excluding hydrogens is 260 g/mol. The molecule has 0 saturated carbocycles. The van der Waals surface area contributed by atoms with Gasteiger partial charge in [-0.25, -0.2) is 4.79 Å². The third-order valence-electron chi connectivity index (χ3n) is 4.12. The van der Waals surface area contributed by atoms with Gasteiger partial charge in [0.25, 0.3) is 0 Å². The van der Waals surface area contributed by atoms with Gasteiger partial charge in [-0.2, -0.15) is 0 Å². The number of aliphatic carboxylic acids is 1. The third-order valence-corrected chi connectivity index (χ3v) is 4.12. The smallest absolute Gasteiger partial charge is 0.319 e. The SMILES string of the molecule is CN(CC1CCCCO1)C(=O)N1CCC[C@H](C(=O)O)C1. The molecule has 2 amide bonds. The van der Waals surface area contributed by atoms with Crippen LogP contribution in [0, 0.1) is 5.92 Å². The number of likely N-dealkylation sites (tertiary alicyclic amines) is 1. The molecule has 0 spiro atoms. The van der Waals surface area contributed by atoms with Gasteiger partial charge in [-0.3, -0.25) is 4.79 Å². The summed E-state index contributed by atoms with van der Waals surface area (Å²) in [7, 11) is 1.77. The topological polar surface area (TPSA) is 70.1 Å². The van der Waals surface area contributed by atoms with Crippen LogP contribution in [0.4, 0.5) is 4.79 Å². The molecular formula is C14H24N2O4. The number of carbonyl (C=O) groups is 2. The van der Waals surface area contributed by atoms with Gasteiger partial charge in [0.05, 0.1) is 12.0 Å². The number of carboxylic acids is 1. The molecule has 2 heterocycles. The van der Waals surface area contributed by atoms with Gasteiger partial charge in [0, 0.05) is 33.3 Å². The van der Waals surface area contributed by atoms with Crippen LogP contribution in [-0.2, 0) is 9.53 Å². The number of amides is 2. The lowest BCUT2D eigenvalue weighted by atomic mass is 9.98. The van der Waals surface area contributed by atoms with Gasteiger partial charge in [-0.15, -0.1) is 0 Å². The minimum atomic E-state index is -0.805. The quantitative estimate of drug-likeness (QED) is 0.850. The van der Waals surface area contributed by atoms with Gasteiger partial charge in [0.15, 0.2) is 0 Å². The molecule has 0 aliphatic carbocycles. The van der Waals surface area contributed by atoms with E-state index in [1.54, 1.807) is 16.8 Å². The first-order chi connectivity index (χ1) is 9.58. The van der Waals surface area contributed by atoms with Crippen molar-refractivity contribution in [2.24, 2.45) is 5.92 Å². The van der Waals surface area contributed by atoms with E-state index in [9.17, 15) is 9.59 Å². The van der Waals surface area contributed by atoms with E-state index in [2.05, 4.69) is 0 Å². The zero-order chi connectivity index (χ0) is 14.5. The highest BCUT2D eigenvalue weighted by Gasteiger charge is 2.30. The number of ether oxygens (including phenoxy) is 1. The van der Waals surface area contributed by atoms with E-state index < -0.39 is 11.9 Å². The largest absolute Gasteiger partial charge is 0.481 e. The molecule has 1 unspecified atom stereocenters. The first kappa shape index (κ1) is 15.1. The average Bonchev–Trinajstić information content (AvgIpc) is 2.47. The summed E-state index contributed by atoms with van der Waals surface area (Å²) in [5.74, 6) is -1.23. The van der Waals surface area contributed by atoms with Gasteiger partial charge in [-0.1, -0.05) is 0 Å². The fourth-order valence-electron chi connectivity index (χ4n) is 2.93. The van der Waals surface area contributed by atoms with Gasteiger partial charge in [0.2, 0.25) is 0 Å². The third kappa shape index (κ3) is 3.85. The first-order valence-corrected chi connectivity index (χ1v) is 7.42. The normalized spacial score (nSPS) is 27.1. The Bertz CT molecular complexity index is 355. The van der Waals surface area contributed by atoms with E-state index in [1.807, 2.05) is 0 Å². The van der Waals surface area contributed by atoms with Crippen LogP contribution in [0.15, 0.2) is 0 Å². The van der Waals surface area contributed by atoms with Crippen LogP contribution >= 0.6 is 0 Å². The number of rotatable bonds is 3. The molecule has 114 valence electrons. The second-order valence-electron chi connectivity index (χ2n) is 5.78.